The molecule has 0 aromatic carbocycles. The lowest BCUT2D eigenvalue weighted by atomic mass is 9.84. The lowest BCUT2D eigenvalue weighted by Gasteiger charge is -2.27. The molecule has 114 valence electrons. The van der Waals surface area contributed by atoms with Crippen LogP contribution in [0.15, 0.2) is 10.6 Å². The molecule has 3 rings (SSSR count). The van der Waals surface area contributed by atoms with E-state index in [1.165, 1.54) is 0 Å². The monoisotopic (exact) mass is 292 g/mol. The van der Waals surface area contributed by atoms with E-state index in [0.29, 0.717) is 5.92 Å². The molecule has 0 radical (unpaired) electrons. The van der Waals surface area contributed by atoms with Crippen LogP contribution in [0.3, 0.4) is 0 Å². The van der Waals surface area contributed by atoms with E-state index in [9.17, 15) is 14.7 Å². The summed E-state index contributed by atoms with van der Waals surface area (Å²) >= 11 is 0. The Bertz CT molecular complexity index is 530. The first-order chi connectivity index (χ1) is 10.1. The molecular formula is C15H20N2O4. The summed E-state index contributed by atoms with van der Waals surface area (Å²) in [5.41, 5.74) is 0.180. The fraction of sp³-hybridized carbons (Fsp3) is 0.667. The van der Waals surface area contributed by atoms with Gasteiger partial charge in [-0.05, 0) is 31.6 Å². The molecule has 6 nitrogen and oxygen atoms in total. The average molecular weight is 292 g/mol. The third-order valence-electron chi connectivity index (χ3n) is 4.41. The van der Waals surface area contributed by atoms with Crippen LogP contribution >= 0.6 is 0 Å². The first-order valence-corrected chi connectivity index (χ1v) is 7.65. The first-order valence-electron chi connectivity index (χ1n) is 7.65. The van der Waals surface area contributed by atoms with E-state index in [1.807, 2.05) is 0 Å². The molecule has 1 heterocycles. The van der Waals surface area contributed by atoms with E-state index >= 15 is 0 Å². The molecule has 2 aliphatic rings. The van der Waals surface area contributed by atoms with E-state index in [2.05, 4.69) is 10.5 Å². The predicted molar refractivity (Wildman–Crippen MR) is 73.9 cm³/mol. The normalized spacial score (nSPS) is 21.0. The zero-order valence-corrected chi connectivity index (χ0v) is 11.9. The zero-order chi connectivity index (χ0) is 14.8. The van der Waals surface area contributed by atoms with Crippen molar-refractivity contribution in [1.29, 1.82) is 0 Å². The van der Waals surface area contributed by atoms with Gasteiger partial charge in [0, 0.05) is 12.0 Å². The van der Waals surface area contributed by atoms with Crippen molar-refractivity contribution in [2.75, 3.05) is 0 Å². The van der Waals surface area contributed by atoms with Gasteiger partial charge in [0.05, 0.1) is 0 Å². The number of carboxylic acid groups (broad SMARTS) is 1. The van der Waals surface area contributed by atoms with Gasteiger partial charge in [0.25, 0.3) is 5.91 Å². The lowest BCUT2D eigenvalue weighted by Crippen LogP contribution is -2.46. The van der Waals surface area contributed by atoms with Crippen molar-refractivity contribution >= 4 is 11.9 Å². The summed E-state index contributed by atoms with van der Waals surface area (Å²) in [5, 5.41) is 15.7. The van der Waals surface area contributed by atoms with Crippen LogP contribution in [0, 0.1) is 5.92 Å². The van der Waals surface area contributed by atoms with Gasteiger partial charge in [-0.25, -0.2) is 4.79 Å². The van der Waals surface area contributed by atoms with Crippen LogP contribution in [-0.2, 0) is 4.79 Å². The molecule has 1 unspecified atom stereocenters. The largest absolute Gasteiger partial charge is 0.480 e. The molecule has 0 bridgehead atoms. The van der Waals surface area contributed by atoms with Crippen molar-refractivity contribution in [3.05, 3.63) is 17.5 Å². The standard InChI is InChI=1S/C15H20N2O4/c18-14(11-8-12(21-17-11)9-6-7-9)16-13(15(19)20)10-4-2-1-3-5-10/h8-10,13H,1-7H2,(H,16,18)(H,19,20). The van der Waals surface area contributed by atoms with Crippen molar-refractivity contribution in [2.24, 2.45) is 5.92 Å². The highest BCUT2D eigenvalue weighted by molar-refractivity contribution is 5.95. The van der Waals surface area contributed by atoms with Crippen molar-refractivity contribution < 1.29 is 19.2 Å². The number of aliphatic carboxylic acids is 1. The SMILES string of the molecule is O=C(NC(C(=O)O)C1CCCCC1)c1cc(C2CC2)on1. The number of carbonyl (C=O) groups excluding carboxylic acids is 1. The predicted octanol–water partition coefficient (Wildman–Crippen LogP) is 2.32. The topological polar surface area (TPSA) is 92.4 Å². The summed E-state index contributed by atoms with van der Waals surface area (Å²) in [4.78, 5) is 23.6. The molecule has 1 atom stereocenters. The quantitative estimate of drug-likeness (QED) is 0.868. The Morgan fingerprint density at radius 2 is 1.95 bits per heavy atom. The second-order valence-corrected chi connectivity index (χ2v) is 6.08. The van der Waals surface area contributed by atoms with Gasteiger partial charge < -0.3 is 14.9 Å². The Kier molecular flexibility index (Phi) is 3.94. The van der Waals surface area contributed by atoms with Gasteiger partial charge in [-0.2, -0.15) is 0 Å². The fourth-order valence-corrected chi connectivity index (χ4v) is 3.02. The van der Waals surface area contributed by atoms with Crippen LogP contribution < -0.4 is 5.32 Å². The number of hydrogen-bond acceptors (Lipinski definition) is 4. The van der Waals surface area contributed by atoms with Gasteiger partial charge in [-0.3, -0.25) is 4.79 Å². The number of carboxylic acids is 1. The van der Waals surface area contributed by atoms with Crippen LogP contribution in [0.25, 0.3) is 0 Å². The summed E-state index contributed by atoms with van der Waals surface area (Å²) in [5.74, 6) is -0.308. The highest BCUT2D eigenvalue weighted by Gasteiger charge is 2.33. The van der Waals surface area contributed by atoms with Crippen molar-refractivity contribution in [3.63, 3.8) is 0 Å². The Labute approximate surface area is 122 Å². The number of carbonyl (C=O) groups is 2. The molecule has 0 spiro atoms. The van der Waals surface area contributed by atoms with Crippen molar-refractivity contribution in [1.82, 2.24) is 10.5 Å². The lowest BCUT2D eigenvalue weighted by molar-refractivity contribution is -0.141. The molecule has 0 saturated heterocycles. The van der Waals surface area contributed by atoms with Crippen LogP contribution in [-0.4, -0.2) is 28.2 Å². The first kappa shape index (κ1) is 14.1. The molecule has 1 amide bonds. The summed E-state index contributed by atoms with van der Waals surface area (Å²) < 4.78 is 5.14. The maximum atomic E-state index is 12.2. The van der Waals surface area contributed by atoms with Gasteiger partial charge in [-0.15, -0.1) is 0 Å². The smallest absolute Gasteiger partial charge is 0.326 e. The third kappa shape index (κ3) is 3.25. The fourth-order valence-electron chi connectivity index (χ4n) is 3.02. The van der Waals surface area contributed by atoms with Gasteiger partial charge in [0.1, 0.15) is 11.8 Å². The maximum absolute atomic E-state index is 12.2. The van der Waals surface area contributed by atoms with Crippen LogP contribution in [0.1, 0.15) is 67.1 Å². The zero-order valence-electron chi connectivity index (χ0n) is 11.9. The van der Waals surface area contributed by atoms with E-state index in [-0.39, 0.29) is 11.6 Å². The number of hydrogen-bond donors (Lipinski definition) is 2. The molecule has 2 aliphatic carbocycles. The van der Waals surface area contributed by atoms with Crippen molar-refractivity contribution in [2.45, 2.75) is 56.9 Å². The number of nitrogens with zero attached hydrogens (tertiary/aromatic N) is 1. The minimum absolute atomic E-state index is 0.00926. The second-order valence-electron chi connectivity index (χ2n) is 6.08. The van der Waals surface area contributed by atoms with Crippen molar-refractivity contribution in [3.8, 4) is 0 Å². The molecule has 21 heavy (non-hydrogen) atoms. The molecule has 2 saturated carbocycles. The average Bonchev–Trinajstić information content (AvgIpc) is 3.22. The van der Waals surface area contributed by atoms with E-state index in [0.717, 1.165) is 50.7 Å². The Morgan fingerprint density at radius 3 is 2.57 bits per heavy atom. The molecule has 0 aliphatic heterocycles. The number of aromatic nitrogens is 1. The molecule has 2 N–H and O–H groups in total. The molecule has 1 aromatic rings. The molecule has 1 aromatic heterocycles. The summed E-state index contributed by atoms with van der Waals surface area (Å²) in [6, 6.07) is 0.797. The number of nitrogens with one attached hydrogen (secondary N) is 1. The van der Waals surface area contributed by atoms with Crippen LogP contribution in [0.4, 0.5) is 0 Å². The maximum Gasteiger partial charge on any atom is 0.326 e. The van der Waals surface area contributed by atoms with E-state index in [1.54, 1.807) is 6.07 Å². The van der Waals surface area contributed by atoms with Crippen LogP contribution in [0.5, 0.6) is 0 Å². The Morgan fingerprint density at radius 1 is 1.24 bits per heavy atom. The highest BCUT2D eigenvalue weighted by atomic mass is 16.5. The highest BCUT2D eigenvalue weighted by Crippen LogP contribution is 2.40. The van der Waals surface area contributed by atoms with E-state index < -0.39 is 17.9 Å². The number of amides is 1. The van der Waals surface area contributed by atoms with Gasteiger partial charge in [0.2, 0.25) is 0 Å². The minimum atomic E-state index is -0.971. The van der Waals surface area contributed by atoms with Crippen LogP contribution in [0.2, 0.25) is 0 Å². The Hall–Kier alpha value is -1.85. The van der Waals surface area contributed by atoms with Gasteiger partial charge in [0.15, 0.2) is 5.69 Å². The summed E-state index contributed by atoms with van der Waals surface area (Å²) in [7, 11) is 0. The third-order valence-corrected chi connectivity index (χ3v) is 4.41. The summed E-state index contributed by atoms with van der Waals surface area (Å²) in [6.45, 7) is 0. The van der Waals surface area contributed by atoms with Gasteiger partial charge in [-0.1, -0.05) is 24.4 Å². The van der Waals surface area contributed by atoms with Gasteiger partial charge >= 0.3 is 5.97 Å². The second kappa shape index (κ2) is 5.87. The molecular weight excluding hydrogens is 272 g/mol. The van der Waals surface area contributed by atoms with E-state index in [4.69, 9.17) is 4.52 Å². The Balaban J connectivity index is 1.65. The molecule has 2 fully saturated rings. The molecule has 6 heteroatoms. The number of rotatable bonds is 5. The minimum Gasteiger partial charge on any atom is -0.480 e. The summed E-state index contributed by atoms with van der Waals surface area (Å²) in [6.07, 6.45) is 7.03.